The van der Waals surface area contributed by atoms with Gasteiger partial charge in [0.1, 0.15) is 6.54 Å². The van der Waals surface area contributed by atoms with Gasteiger partial charge in [-0.2, -0.15) is 13.2 Å². The van der Waals surface area contributed by atoms with Gasteiger partial charge >= 0.3 is 11.9 Å². The molecule has 0 saturated heterocycles. The monoisotopic (exact) mass is 259 g/mol. The summed E-state index contributed by atoms with van der Waals surface area (Å²) in [6.45, 7) is -1.68. The van der Waals surface area contributed by atoms with Gasteiger partial charge in [0.15, 0.2) is 0 Å². The van der Waals surface area contributed by atoms with Crippen LogP contribution in [0, 0.1) is 0 Å². The number of nitrogens with two attached hydrogens (primary N) is 1. The van der Waals surface area contributed by atoms with E-state index in [1.807, 2.05) is 0 Å². The molecule has 0 bridgehead atoms. The van der Waals surface area contributed by atoms with Gasteiger partial charge in [-0.25, -0.2) is 4.79 Å². The third-order valence-electron chi connectivity index (χ3n) is 1.65. The minimum Gasteiger partial charge on any atom is -0.326 e. The highest BCUT2D eigenvalue weighted by atomic mass is 35.5. The lowest BCUT2D eigenvalue weighted by molar-refractivity contribution is -0.141. The van der Waals surface area contributed by atoms with E-state index in [0.29, 0.717) is 4.57 Å². The van der Waals surface area contributed by atoms with Crippen LogP contribution in [0.5, 0.6) is 0 Å². The maximum Gasteiger partial charge on any atom is 0.406 e. The molecule has 1 rings (SSSR count). The lowest BCUT2D eigenvalue weighted by atomic mass is 10.3. The summed E-state index contributed by atoms with van der Waals surface area (Å²) < 4.78 is 36.3. The molecular formula is C7H9ClF3N3O2. The van der Waals surface area contributed by atoms with Crippen molar-refractivity contribution in [1.82, 2.24) is 9.55 Å². The highest BCUT2D eigenvalue weighted by Crippen LogP contribution is 2.15. The standard InChI is InChI=1S/C7H8F3N3O2.ClH/c8-7(9,10)3-13-2-4(1-11)5(14)12-6(13)15;/h2H,1,3,11H2,(H,12,14,15);1H. The number of alkyl halides is 3. The first-order valence-corrected chi connectivity index (χ1v) is 3.93. The Labute approximate surface area is 93.5 Å². The number of hydrogen-bond donors (Lipinski definition) is 2. The molecule has 0 aliphatic carbocycles. The van der Waals surface area contributed by atoms with E-state index in [0.717, 1.165) is 6.20 Å². The third kappa shape index (κ3) is 3.70. The zero-order valence-corrected chi connectivity index (χ0v) is 8.69. The fraction of sp³-hybridized carbons (Fsp3) is 0.429. The topological polar surface area (TPSA) is 80.9 Å². The van der Waals surface area contributed by atoms with Crippen molar-refractivity contribution in [2.24, 2.45) is 5.73 Å². The number of hydrogen-bond acceptors (Lipinski definition) is 3. The number of halogens is 4. The van der Waals surface area contributed by atoms with Crippen LogP contribution in [-0.2, 0) is 13.1 Å². The zero-order valence-electron chi connectivity index (χ0n) is 7.87. The highest BCUT2D eigenvalue weighted by Gasteiger charge is 2.28. The molecule has 1 aromatic rings. The van der Waals surface area contributed by atoms with Crippen LogP contribution in [0.1, 0.15) is 5.56 Å². The van der Waals surface area contributed by atoms with Gasteiger partial charge in [-0.3, -0.25) is 14.3 Å². The molecule has 0 aliphatic rings. The second-order valence-corrected chi connectivity index (χ2v) is 2.86. The summed E-state index contributed by atoms with van der Waals surface area (Å²) >= 11 is 0. The molecule has 1 heterocycles. The summed E-state index contributed by atoms with van der Waals surface area (Å²) in [6.07, 6.45) is -3.71. The van der Waals surface area contributed by atoms with Crippen LogP contribution in [0.4, 0.5) is 13.2 Å². The predicted molar refractivity (Wildman–Crippen MR) is 52.5 cm³/mol. The van der Waals surface area contributed by atoms with Crippen LogP contribution in [0.25, 0.3) is 0 Å². The molecule has 0 amide bonds. The summed E-state index contributed by atoms with van der Waals surface area (Å²) in [7, 11) is 0. The van der Waals surface area contributed by atoms with Gasteiger partial charge in [0.2, 0.25) is 0 Å². The summed E-state index contributed by atoms with van der Waals surface area (Å²) in [5, 5.41) is 0. The maximum atomic E-state index is 12.0. The van der Waals surface area contributed by atoms with Gasteiger partial charge in [0, 0.05) is 18.3 Å². The number of aromatic nitrogens is 2. The summed E-state index contributed by atoms with van der Waals surface area (Å²) in [4.78, 5) is 23.7. The molecule has 0 aromatic carbocycles. The predicted octanol–water partition coefficient (Wildman–Crippen LogP) is -0.0206. The molecule has 3 N–H and O–H groups in total. The van der Waals surface area contributed by atoms with Crippen molar-refractivity contribution in [2.45, 2.75) is 19.3 Å². The first-order valence-electron chi connectivity index (χ1n) is 3.93. The van der Waals surface area contributed by atoms with E-state index in [1.165, 1.54) is 0 Å². The number of nitrogens with one attached hydrogen (secondary N) is 1. The fourth-order valence-electron chi connectivity index (χ4n) is 1.01. The molecule has 0 atom stereocenters. The minimum atomic E-state index is -4.52. The Morgan fingerprint density at radius 2 is 1.94 bits per heavy atom. The van der Waals surface area contributed by atoms with Crippen LogP contribution in [-0.4, -0.2) is 15.7 Å². The van der Waals surface area contributed by atoms with Crippen molar-refractivity contribution in [3.05, 3.63) is 32.6 Å². The first kappa shape index (κ1) is 14.7. The second-order valence-electron chi connectivity index (χ2n) is 2.86. The average Bonchev–Trinajstić information content (AvgIpc) is 2.07. The summed E-state index contributed by atoms with van der Waals surface area (Å²) in [5.41, 5.74) is 3.18. The Hall–Kier alpha value is -1.28. The maximum absolute atomic E-state index is 12.0. The third-order valence-corrected chi connectivity index (χ3v) is 1.65. The molecule has 92 valence electrons. The fourth-order valence-corrected chi connectivity index (χ4v) is 1.01. The van der Waals surface area contributed by atoms with E-state index >= 15 is 0 Å². The van der Waals surface area contributed by atoms with Crippen LogP contribution in [0.15, 0.2) is 15.8 Å². The lowest BCUT2D eigenvalue weighted by Gasteiger charge is -2.09. The number of aromatic amines is 1. The lowest BCUT2D eigenvalue weighted by Crippen LogP contribution is -2.35. The van der Waals surface area contributed by atoms with E-state index < -0.39 is 24.0 Å². The molecule has 16 heavy (non-hydrogen) atoms. The Morgan fingerprint density at radius 3 is 2.38 bits per heavy atom. The Balaban J connectivity index is 0.00000225. The van der Waals surface area contributed by atoms with Gasteiger partial charge in [0.05, 0.1) is 0 Å². The van der Waals surface area contributed by atoms with Crippen LogP contribution in [0.3, 0.4) is 0 Å². The zero-order chi connectivity index (χ0) is 11.6. The van der Waals surface area contributed by atoms with Crippen molar-refractivity contribution in [3.8, 4) is 0 Å². The minimum absolute atomic E-state index is 0. The quantitative estimate of drug-likeness (QED) is 0.783. The Morgan fingerprint density at radius 1 is 1.38 bits per heavy atom. The summed E-state index contributed by atoms with van der Waals surface area (Å²) in [6, 6.07) is 0. The molecule has 5 nitrogen and oxygen atoms in total. The van der Waals surface area contributed by atoms with Crippen LogP contribution >= 0.6 is 12.4 Å². The molecule has 0 saturated carbocycles. The molecule has 0 radical (unpaired) electrons. The number of nitrogens with zero attached hydrogens (tertiary/aromatic N) is 1. The van der Waals surface area contributed by atoms with E-state index in [1.54, 1.807) is 4.98 Å². The van der Waals surface area contributed by atoms with Crippen molar-refractivity contribution < 1.29 is 13.2 Å². The molecule has 0 fully saturated rings. The average molecular weight is 260 g/mol. The molecule has 1 aromatic heterocycles. The molecule has 0 aliphatic heterocycles. The van der Waals surface area contributed by atoms with Gasteiger partial charge in [-0.15, -0.1) is 12.4 Å². The molecule has 0 unspecified atom stereocenters. The SMILES string of the molecule is Cl.NCc1cn(CC(F)(F)F)c(=O)[nH]c1=O. The van der Waals surface area contributed by atoms with Gasteiger partial charge in [-0.05, 0) is 0 Å². The Bertz CT molecular complexity index is 465. The Kier molecular flexibility index (Phi) is 4.76. The van der Waals surface area contributed by atoms with Gasteiger partial charge in [-0.1, -0.05) is 0 Å². The first-order chi connectivity index (χ1) is 6.83. The highest BCUT2D eigenvalue weighted by molar-refractivity contribution is 5.85. The van der Waals surface area contributed by atoms with Crippen molar-refractivity contribution in [3.63, 3.8) is 0 Å². The largest absolute Gasteiger partial charge is 0.406 e. The molecule has 0 spiro atoms. The van der Waals surface area contributed by atoms with Crippen LogP contribution < -0.4 is 17.0 Å². The second kappa shape index (κ2) is 5.17. The van der Waals surface area contributed by atoms with Gasteiger partial charge < -0.3 is 5.73 Å². The van der Waals surface area contributed by atoms with E-state index in [9.17, 15) is 22.8 Å². The number of H-pyrrole nitrogens is 1. The molecular weight excluding hydrogens is 251 g/mol. The van der Waals surface area contributed by atoms with Gasteiger partial charge in [0.25, 0.3) is 5.56 Å². The van der Waals surface area contributed by atoms with Crippen LogP contribution in [0.2, 0.25) is 0 Å². The van der Waals surface area contributed by atoms with Crippen molar-refractivity contribution in [1.29, 1.82) is 0 Å². The van der Waals surface area contributed by atoms with E-state index in [2.05, 4.69) is 0 Å². The number of rotatable bonds is 2. The normalized spacial score (nSPS) is 11.0. The van der Waals surface area contributed by atoms with Crippen molar-refractivity contribution >= 4 is 12.4 Å². The van der Waals surface area contributed by atoms with E-state index in [4.69, 9.17) is 5.73 Å². The molecule has 9 heteroatoms. The summed E-state index contributed by atoms with van der Waals surface area (Å²) in [5.74, 6) is 0. The smallest absolute Gasteiger partial charge is 0.326 e. The van der Waals surface area contributed by atoms with E-state index in [-0.39, 0.29) is 24.5 Å². The van der Waals surface area contributed by atoms with Crippen molar-refractivity contribution in [2.75, 3.05) is 0 Å².